The van der Waals surface area contributed by atoms with E-state index in [4.69, 9.17) is 4.74 Å². The zero-order chi connectivity index (χ0) is 17.9. The van der Waals surface area contributed by atoms with Crippen LogP contribution >= 0.6 is 0 Å². The van der Waals surface area contributed by atoms with Crippen LogP contribution in [0.4, 0.5) is 0 Å². The molecule has 0 amide bonds. The van der Waals surface area contributed by atoms with Crippen molar-refractivity contribution in [2.75, 3.05) is 6.61 Å². The second-order valence-corrected chi connectivity index (χ2v) is 6.99. The molecule has 134 valence electrons. The van der Waals surface area contributed by atoms with Gasteiger partial charge in [-0.1, -0.05) is 54.9 Å². The van der Waals surface area contributed by atoms with Crippen molar-refractivity contribution in [3.05, 3.63) is 46.6 Å². The van der Waals surface area contributed by atoms with Gasteiger partial charge in [-0.15, -0.1) is 0 Å². The van der Waals surface area contributed by atoms with E-state index in [1.165, 1.54) is 16.7 Å². The van der Waals surface area contributed by atoms with Crippen LogP contribution in [0.5, 0.6) is 0 Å². The van der Waals surface area contributed by atoms with E-state index in [1.807, 2.05) is 6.92 Å². The standard InChI is InChI=1S/C22H34O2/c1-6-24-22(23)21-11-7-9-18(4)13-15-20(17(2)3)16-14-19(5)10-8-12-21/h9,12,14,16-17H,6-8,10-11,13,15H2,1-5H3/b18-9+,19-14+,20-16+,21-12-. The number of rotatable bonds is 3. The summed E-state index contributed by atoms with van der Waals surface area (Å²) in [5.74, 6) is 0.435. The van der Waals surface area contributed by atoms with Gasteiger partial charge < -0.3 is 4.74 Å². The normalized spacial score (nSPS) is 26.8. The zero-order valence-corrected chi connectivity index (χ0v) is 16.2. The molecule has 0 fully saturated rings. The fourth-order valence-electron chi connectivity index (χ4n) is 2.80. The van der Waals surface area contributed by atoms with Crippen LogP contribution in [0.3, 0.4) is 0 Å². The second-order valence-electron chi connectivity index (χ2n) is 6.99. The number of allylic oxidation sites excluding steroid dienone is 7. The summed E-state index contributed by atoms with van der Waals surface area (Å²) >= 11 is 0. The number of carbonyl (C=O) groups excluding carboxylic acids is 1. The number of hydrogen-bond donors (Lipinski definition) is 0. The highest BCUT2D eigenvalue weighted by Gasteiger charge is 2.10. The molecule has 1 aliphatic rings. The lowest BCUT2D eigenvalue weighted by atomic mass is 9.94. The van der Waals surface area contributed by atoms with Crippen molar-refractivity contribution in [1.82, 2.24) is 0 Å². The highest BCUT2D eigenvalue weighted by atomic mass is 16.5. The molecule has 0 saturated heterocycles. The molecule has 0 atom stereocenters. The molecule has 0 bridgehead atoms. The van der Waals surface area contributed by atoms with Crippen LogP contribution < -0.4 is 0 Å². The summed E-state index contributed by atoms with van der Waals surface area (Å²) in [5.41, 5.74) is 5.10. The minimum absolute atomic E-state index is 0.153. The fourth-order valence-corrected chi connectivity index (χ4v) is 2.80. The Bertz CT molecular complexity index is 530. The second kappa shape index (κ2) is 11.1. The Hall–Kier alpha value is -1.57. The van der Waals surface area contributed by atoms with Crippen molar-refractivity contribution in [3.8, 4) is 0 Å². The van der Waals surface area contributed by atoms with Crippen LogP contribution in [0.1, 0.15) is 73.1 Å². The zero-order valence-electron chi connectivity index (χ0n) is 16.2. The molecule has 0 aromatic rings. The van der Waals surface area contributed by atoms with Crippen LogP contribution in [0.2, 0.25) is 0 Å². The molecule has 0 spiro atoms. The van der Waals surface area contributed by atoms with E-state index in [-0.39, 0.29) is 5.97 Å². The molecule has 24 heavy (non-hydrogen) atoms. The Morgan fingerprint density at radius 1 is 1.00 bits per heavy atom. The molecule has 1 rings (SSSR count). The third-order valence-electron chi connectivity index (χ3n) is 4.51. The van der Waals surface area contributed by atoms with Gasteiger partial charge in [0.1, 0.15) is 0 Å². The molecule has 0 aliphatic heterocycles. The molecule has 0 saturated carbocycles. The highest BCUT2D eigenvalue weighted by Crippen LogP contribution is 2.22. The maximum absolute atomic E-state index is 12.1. The molecule has 0 N–H and O–H groups in total. The lowest BCUT2D eigenvalue weighted by Gasteiger charge is -2.12. The van der Waals surface area contributed by atoms with Crippen LogP contribution in [0, 0.1) is 5.92 Å². The monoisotopic (exact) mass is 330 g/mol. The third-order valence-corrected chi connectivity index (χ3v) is 4.51. The van der Waals surface area contributed by atoms with Gasteiger partial charge in [-0.3, -0.25) is 0 Å². The summed E-state index contributed by atoms with van der Waals surface area (Å²) < 4.78 is 5.19. The van der Waals surface area contributed by atoms with Gasteiger partial charge in [0.15, 0.2) is 0 Å². The third kappa shape index (κ3) is 7.81. The van der Waals surface area contributed by atoms with E-state index in [0.29, 0.717) is 12.5 Å². The molecule has 2 nitrogen and oxygen atoms in total. The predicted molar refractivity (Wildman–Crippen MR) is 103 cm³/mol. The fraction of sp³-hybridized carbons (Fsp3) is 0.591. The number of esters is 1. The van der Waals surface area contributed by atoms with Crippen molar-refractivity contribution < 1.29 is 9.53 Å². The van der Waals surface area contributed by atoms with Crippen molar-refractivity contribution in [2.24, 2.45) is 5.92 Å². The molecule has 0 radical (unpaired) electrons. The molecule has 0 heterocycles. The molecule has 2 heteroatoms. The first-order valence-corrected chi connectivity index (χ1v) is 9.32. The summed E-state index contributed by atoms with van der Waals surface area (Å²) in [6.07, 6.45) is 14.7. The average molecular weight is 331 g/mol. The maximum atomic E-state index is 12.1. The Morgan fingerprint density at radius 2 is 1.71 bits per heavy atom. The Morgan fingerprint density at radius 3 is 2.38 bits per heavy atom. The summed E-state index contributed by atoms with van der Waals surface area (Å²) in [7, 11) is 0. The highest BCUT2D eigenvalue weighted by molar-refractivity contribution is 5.88. The molecular formula is C22H34O2. The predicted octanol–water partition coefficient (Wildman–Crippen LogP) is 6.31. The molecule has 1 aliphatic carbocycles. The Labute approximate surface area is 148 Å². The van der Waals surface area contributed by atoms with Gasteiger partial charge in [0.05, 0.1) is 6.61 Å². The van der Waals surface area contributed by atoms with Crippen LogP contribution in [-0.2, 0) is 9.53 Å². The van der Waals surface area contributed by atoms with E-state index >= 15 is 0 Å². The molecular weight excluding hydrogens is 296 g/mol. The van der Waals surface area contributed by atoms with Gasteiger partial charge in [0.25, 0.3) is 0 Å². The topological polar surface area (TPSA) is 26.3 Å². The van der Waals surface area contributed by atoms with Crippen LogP contribution in [0.15, 0.2) is 46.6 Å². The van der Waals surface area contributed by atoms with Crippen molar-refractivity contribution in [3.63, 3.8) is 0 Å². The summed E-state index contributed by atoms with van der Waals surface area (Å²) in [6.45, 7) is 11.2. The maximum Gasteiger partial charge on any atom is 0.333 e. The average Bonchev–Trinajstić information content (AvgIpc) is 2.52. The smallest absolute Gasteiger partial charge is 0.333 e. The SMILES string of the molecule is CCOC(=O)/C1=C\CC/C(C)=C/C=C(/C(C)C)CC/C(C)=C/CC1. The first kappa shape index (κ1) is 20.5. The lowest BCUT2D eigenvalue weighted by molar-refractivity contribution is -0.138. The minimum Gasteiger partial charge on any atom is -0.463 e. The molecule has 0 aromatic heterocycles. The van der Waals surface area contributed by atoms with E-state index in [0.717, 1.165) is 44.1 Å². The Balaban J connectivity index is 2.96. The molecule has 0 aromatic carbocycles. The van der Waals surface area contributed by atoms with Crippen LogP contribution in [0.25, 0.3) is 0 Å². The van der Waals surface area contributed by atoms with Crippen molar-refractivity contribution in [2.45, 2.75) is 73.1 Å². The van der Waals surface area contributed by atoms with Crippen molar-refractivity contribution >= 4 is 5.97 Å². The summed E-state index contributed by atoms with van der Waals surface area (Å²) in [5, 5.41) is 0. The largest absolute Gasteiger partial charge is 0.463 e. The van der Waals surface area contributed by atoms with E-state index in [9.17, 15) is 4.79 Å². The van der Waals surface area contributed by atoms with Gasteiger partial charge in [-0.2, -0.15) is 0 Å². The van der Waals surface area contributed by atoms with Gasteiger partial charge in [-0.05, 0) is 65.2 Å². The molecule has 0 unspecified atom stereocenters. The lowest BCUT2D eigenvalue weighted by Crippen LogP contribution is -2.07. The van der Waals surface area contributed by atoms with Gasteiger partial charge in [-0.25, -0.2) is 4.79 Å². The van der Waals surface area contributed by atoms with Crippen LogP contribution in [-0.4, -0.2) is 12.6 Å². The van der Waals surface area contributed by atoms with Gasteiger partial charge in [0, 0.05) is 5.57 Å². The number of ether oxygens (including phenoxy) is 1. The van der Waals surface area contributed by atoms with Gasteiger partial charge >= 0.3 is 5.97 Å². The number of hydrogen-bond acceptors (Lipinski definition) is 2. The summed E-state index contributed by atoms with van der Waals surface area (Å²) in [6, 6.07) is 0. The minimum atomic E-state index is -0.153. The van der Waals surface area contributed by atoms with E-state index < -0.39 is 0 Å². The first-order chi connectivity index (χ1) is 11.4. The summed E-state index contributed by atoms with van der Waals surface area (Å²) in [4.78, 5) is 12.1. The van der Waals surface area contributed by atoms with Crippen molar-refractivity contribution in [1.29, 1.82) is 0 Å². The first-order valence-electron chi connectivity index (χ1n) is 9.32. The number of carbonyl (C=O) groups is 1. The van der Waals surface area contributed by atoms with E-state index in [2.05, 4.69) is 52.0 Å². The van der Waals surface area contributed by atoms with Gasteiger partial charge in [0.2, 0.25) is 0 Å². The quantitative estimate of drug-likeness (QED) is 0.448. The van der Waals surface area contributed by atoms with E-state index in [1.54, 1.807) is 0 Å². The Kier molecular flexibility index (Phi) is 9.44.